The van der Waals surface area contributed by atoms with Crippen molar-refractivity contribution in [2.24, 2.45) is 5.10 Å². The first kappa shape index (κ1) is 17.3. The lowest BCUT2D eigenvalue weighted by Gasteiger charge is -2.11. The Kier molecular flexibility index (Phi) is 5.23. The number of aryl methyl sites for hydroxylation is 2. The molecule has 2 aromatic carbocycles. The van der Waals surface area contributed by atoms with Crippen LogP contribution in [0.5, 0.6) is 17.2 Å². The van der Waals surface area contributed by atoms with E-state index in [9.17, 15) is 4.79 Å². The SMILES string of the molecule is Cc1cc(C)c(OCC(=O)NN=Cc2ccc3c(c2)OCO3)c(Br)c1. The summed E-state index contributed by atoms with van der Waals surface area (Å²) in [5.74, 6) is 1.68. The highest BCUT2D eigenvalue weighted by molar-refractivity contribution is 9.10. The fourth-order valence-electron chi connectivity index (χ4n) is 2.43. The van der Waals surface area contributed by atoms with E-state index >= 15 is 0 Å². The lowest BCUT2D eigenvalue weighted by atomic mass is 10.1. The minimum atomic E-state index is -0.344. The number of nitrogens with one attached hydrogen (secondary N) is 1. The third kappa shape index (κ3) is 4.30. The van der Waals surface area contributed by atoms with Gasteiger partial charge in [-0.05, 0) is 70.7 Å². The van der Waals surface area contributed by atoms with Crippen LogP contribution in [0.4, 0.5) is 0 Å². The number of hydrogen-bond acceptors (Lipinski definition) is 5. The molecule has 0 spiro atoms. The third-order valence-electron chi connectivity index (χ3n) is 3.52. The third-order valence-corrected chi connectivity index (χ3v) is 4.11. The van der Waals surface area contributed by atoms with Crippen LogP contribution in [0.2, 0.25) is 0 Å². The summed E-state index contributed by atoms with van der Waals surface area (Å²) in [6.07, 6.45) is 1.53. The first-order chi connectivity index (χ1) is 12.0. The largest absolute Gasteiger partial charge is 0.482 e. The number of carbonyl (C=O) groups excluding carboxylic acids is 1. The van der Waals surface area contributed by atoms with Gasteiger partial charge in [0.1, 0.15) is 5.75 Å². The van der Waals surface area contributed by atoms with E-state index in [2.05, 4.69) is 26.5 Å². The van der Waals surface area contributed by atoms with E-state index in [1.165, 1.54) is 6.21 Å². The molecule has 2 aromatic rings. The molecule has 6 nitrogen and oxygen atoms in total. The Bertz CT molecular complexity index is 813. The second-order valence-electron chi connectivity index (χ2n) is 5.59. The van der Waals surface area contributed by atoms with Crippen molar-refractivity contribution in [1.82, 2.24) is 5.43 Å². The summed E-state index contributed by atoms with van der Waals surface area (Å²) >= 11 is 3.45. The van der Waals surface area contributed by atoms with Gasteiger partial charge in [0.2, 0.25) is 6.79 Å². The minimum Gasteiger partial charge on any atom is -0.482 e. The topological polar surface area (TPSA) is 69.2 Å². The maximum absolute atomic E-state index is 11.9. The van der Waals surface area contributed by atoms with Gasteiger partial charge in [-0.1, -0.05) is 6.07 Å². The standard InChI is InChI=1S/C18H17BrN2O4/c1-11-5-12(2)18(14(19)6-11)23-9-17(22)21-20-8-13-3-4-15-16(7-13)25-10-24-15/h3-8H,9-10H2,1-2H3,(H,21,22). The van der Waals surface area contributed by atoms with Gasteiger partial charge in [0.15, 0.2) is 18.1 Å². The molecule has 0 aromatic heterocycles. The fourth-order valence-corrected chi connectivity index (χ4v) is 3.22. The molecule has 0 saturated carbocycles. The number of amides is 1. The maximum Gasteiger partial charge on any atom is 0.277 e. The van der Waals surface area contributed by atoms with Crippen molar-refractivity contribution < 1.29 is 19.0 Å². The van der Waals surface area contributed by atoms with Crippen LogP contribution < -0.4 is 19.6 Å². The minimum absolute atomic E-state index is 0.124. The summed E-state index contributed by atoms with van der Waals surface area (Å²) in [7, 11) is 0. The Hall–Kier alpha value is -2.54. The van der Waals surface area contributed by atoms with E-state index in [4.69, 9.17) is 14.2 Å². The molecule has 25 heavy (non-hydrogen) atoms. The van der Waals surface area contributed by atoms with Crippen molar-refractivity contribution in [2.45, 2.75) is 13.8 Å². The van der Waals surface area contributed by atoms with E-state index in [1.807, 2.05) is 32.0 Å². The number of nitrogens with zero attached hydrogens (tertiary/aromatic N) is 1. The van der Waals surface area contributed by atoms with Crippen molar-refractivity contribution >= 4 is 28.1 Å². The zero-order valence-electron chi connectivity index (χ0n) is 13.8. The van der Waals surface area contributed by atoms with E-state index in [1.54, 1.807) is 12.1 Å². The normalized spacial score (nSPS) is 12.4. The molecule has 0 bridgehead atoms. The summed E-state index contributed by atoms with van der Waals surface area (Å²) in [6.45, 7) is 4.03. The van der Waals surface area contributed by atoms with E-state index in [0.29, 0.717) is 17.2 Å². The smallest absolute Gasteiger partial charge is 0.277 e. The molecule has 1 aliphatic rings. The van der Waals surface area contributed by atoms with Crippen LogP contribution >= 0.6 is 15.9 Å². The van der Waals surface area contributed by atoms with E-state index in [-0.39, 0.29) is 19.3 Å². The van der Waals surface area contributed by atoms with E-state index in [0.717, 1.165) is 21.2 Å². The summed E-state index contributed by atoms with van der Waals surface area (Å²) in [4.78, 5) is 11.9. The first-order valence-corrected chi connectivity index (χ1v) is 8.43. The monoisotopic (exact) mass is 404 g/mol. The number of ether oxygens (including phenoxy) is 3. The summed E-state index contributed by atoms with van der Waals surface area (Å²) < 4.78 is 16.9. The molecule has 0 aliphatic carbocycles. The number of benzene rings is 2. The predicted octanol–water partition coefficient (Wildman–Crippen LogP) is 3.32. The Labute approximate surface area is 153 Å². The van der Waals surface area contributed by atoms with Gasteiger partial charge in [0, 0.05) is 0 Å². The molecular weight excluding hydrogens is 388 g/mol. The van der Waals surface area contributed by atoms with Crippen LogP contribution in [0.15, 0.2) is 39.9 Å². The molecular formula is C18H17BrN2O4. The van der Waals surface area contributed by atoms with Crippen molar-refractivity contribution in [3.8, 4) is 17.2 Å². The molecule has 0 saturated heterocycles. The Morgan fingerprint density at radius 3 is 2.88 bits per heavy atom. The maximum atomic E-state index is 11.9. The molecule has 0 radical (unpaired) electrons. The molecule has 130 valence electrons. The number of halogens is 1. The Morgan fingerprint density at radius 1 is 1.28 bits per heavy atom. The lowest BCUT2D eigenvalue weighted by molar-refractivity contribution is -0.123. The van der Waals surface area contributed by atoms with Gasteiger partial charge in [-0.2, -0.15) is 5.10 Å². The number of fused-ring (bicyclic) bond motifs is 1. The van der Waals surface area contributed by atoms with E-state index < -0.39 is 0 Å². The average molecular weight is 405 g/mol. The predicted molar refractivity (Wildman–Crippen MR) is 97.4 cm³/mol. The van der Waals surface area contributed by atoms with Gasteiger partial charge in [-0.25, -0.2) is 5.43 Å². The zero-order valence-corrected chi connectivity index (χ0v) is 15.4. The van der Waals surface area contributed by atoms with Gasteiger partial charge in [-0.3, -0.25) is 4.79 Å². The van der Waals surface area contributed by atoms with Crippen LogP contribution in [0.3, 0.4) is 0 Å². The number of hydrazone groups is 1. The molecule has 1 amide bonds. The van der Waals surface area contributed by atoms with Crippen LogP contribution in [-0.2, 0) is 4.79 Å². The fraction of sp³-hybridized carbons (Fsp3) is 0.222. The number of carbonyl (C=O) groups is 1. The van der Waals surface area contributed by atoms with Crippen molar-refractivity contribution in [1.29, 1.82) is 0 Å². The van der Waals surface area contributed by atoms with Crippen molar-refractivity contribution in [2.75, 3.05) is 13.4 Å². The highest BCUT2D eigenvalue weighted by Crippen LogP contribution is 2.32. The first-order valence-electron chi connectivity index (χ1n) is 7.64. The molecule has 1 heterocycles. The zero-order chi connectivity index (χ0) is 17.8. The van der Waals surface area contributed by atoms with Gasteiger partial charge in [0.25, 0.3) is 5.91 Å². The highest BCUT2D eigenvalue weighted by atomic mass is 79.9. The molecule has 0 fully saturated rings. The molecule has 1 N–H and O–H groups in total. The average Bonchev–Trinajstić information content (AvgIpc) is 3.01. The lowest BCUT2D eigenvalue weighted by Crippen LogP contribution is -2.24. The van der Waals surface area contributed by atoms with Crippen LogP contribution in [0.25, 0.3) is 0 Å². The van der Waals surface area contributed by atoms with Gasteiger partial charge in [-0.15, -0.1) is 0 Å². The highest BCUT2D eigenvalue weighted by Gasteiger charge is 2.12. The molecule has 7 heteroatoms. The molecule has 0 atom stereocenters. The Balaban J connectivity index is 1.53. The van der Waals surface area contributed by atoms with Gasteiger partial charge in [0.05, 0.1) is 10.7 Å². The Morgan fingerprint density at radius 2 is 2.08 bits per heavy atom. The van der Waals surface area contributed by atoms with Crippen molar-refractivity contribution in [3.63, 3.8) is 0 Å². The second kappa shape index (κ2) is 7.57. The summed E-state index contributed by atoms with van der Waals surface area (Å²) in [5.41, 5.74) is 5.31. The molecule has 1 aliphatic heterocycles. The quantitative estimate of drug-likeness (QED) is 0.612. The second-order valence-corrected chi connectivity index (χ2v) is 6.44. The van der Waals surface area contributed by atoms with Crippen LogP contribution in [0.1, 0.15) is 16.7 Å². The van der Waals surface area contributed by atoms with Crippen LogP contribution in [-0.4, -0.2) is 25.5 Å². The number of rotatable bonds is 5. The van der Waals surface area contributed by atoms with Gasteiger partial charge >= 0.3 is 0 Å². The summed E-state index contributed by atoms with van der Waals surface area (Å²) in [6, 6.07) is 9.35. The number of hydrogen-bond donors (Lipinski definition) is 1. The molecule has 3 rings (SSSR count). The molecule has 0 unspecified atom stereocenters. The van der Waals surface area contributed by atoms with Crippen LogP contribution in [0, 0.1) is 13.8 Å². The van der Waals surface area contributed by atoms with Crippen molar-refractivity contribution in [3.05, 3.63) is 51.5 Å². The van der Waals surface area contributed by atoms with Gasteiger partial charge < -0.3 is 14.2 Å². The summed E-state index contributed by atoms with van der Waals surface area (Å²) in [5, 5.41) is 3.93.